The maximum absolute atomic E-state index is 12.3. The zero-order valence-corrected chi connectivity index (χ0v) is 13.1. The van der Waals surface area contributed by atoms with E-state index < -0.39 is 15.9 Å². The molecule has 5 nitrogen and oxygen atoms in total. The highest BCUT2D eigenvalue weighted by Gasteiger charge is 2.23. The smallest absolute Gasteiger partial charge is 0.239 e. The molecule has 0 saturated heterocycles. The van der Waals surface area contributed by atoms with Gasteiger partial charge in [0, 0.05) is 19.3 Å². The number of hydrogen-bond acceptors (Lipinski definition) is 4. The molecule has 1 aromatic carbocycles. The van der Waals surface area contributed by atoms with Gasteiger partial charge in [-0.2, -0.15) is 0 Å². The molecule has 1 aliphatic heterocycles. The van der Waals surface area contributed by atoms with Crippen molar-refractivity contribution in [3.63, 3.8) is 0 Å². The summed E-state index contributed by atoms with van der Waals surface area (Å²) >= 11 is 0. The molecule has 0 radical (unpaired) electrons. The Bertz CT molecular complexity index is 586. The lowest BCUT2D eigenvalue weighted by molar-refractivity contribution is -0.132. The number of amides is 1. The van der Waals surface area contributed by atoms with Gasteiger partial charge in [-0.25, -0.2) is 8.42 Å². The van der Waals surface area contributed by atoms with E-state index in [0.717, 1.165) is 19.1 Å². The molecule has 0 fully saturated rings. The largest absolute Gasteiger partial charge is 0.341 e. The molecule has 0 bridgehead atoms. The molecule has 2 N–H and O–H groups in total. The number of benzene rings is 1. The Morgan fingerprint density at radius 3 is 2.24 bits per heavy atom. The third kappa shape index (κ3) is 4.54. The Hall–Kier alpha value is -1.40. The molecule has 21 heavy (non-hydrogen) atoms. The molecule has 1 unspecified atom stereocenters. The van der Waals surface area contributed by atoms with Gasteiger partial charge in [-0.3, -0.25) is 4.79 Å². The van der Waals surface area contributed by atoms with Crippen molar-refractivity contribution in [3.05, 3.63) is 35.4 Å². The predicted molar refractivity (Wildman–Crippen MR) is 82.7 cm³/mol. The van der Waals surface area contributed by atoms with Crippen molar-refractivity contribution in [2.75, 3.05) is 25.1 Å². The minimum Gasteiger partial charge on any atom is -0.341 e. The van der Waals surface area contributed by atoms with Crippen LogP contribution in [0.1, 0.15) is 17.5 Å². The van der Waals surface area contributed by atoms with Crippen molar-refractivity contribution in [1.29, 1.82) is 0 Å². The van der Waals surface area contributed by atoms with Crippen molar-refractivity contribution in [2.45, 2.75) is 25.3 Å². The molecule has 1 aromatic rings. The zero-order valence-electron chi connectivity index (χ0n) is 12.3. The van der Waals surface area contributed by atoms with Crippen molar-refractivity contribution < 1.29 is 13.2 Å². The average molecular weight is 310 g/mol. The molecule has 1 atom stereocenters. The lowest BCUT2D eigenvalue weighted by Gasteiger charge is -2.23. The topological polar surface area (TPSA) is 80.5 Å². The number of hydrogen-bond donors (Lipinski definition) is 1. The fraction of sp³-hybridized carbons (Fsp3) is 0.533. The third-order valence-corrected chi connectivity index (χ3v) is 4.83. The van der Waals surface area contributed by atoms with E-state index >= 15 is 0 Å². The monoisotopic (exact) mass is 310 g/mol. The number of nitrogens with zero attached hydrogens (tertiary/aromatic N) is 1. The highest BCUT2D eigenvalue weighted by molar-refractivity contribution is 7.90. The van der Waals surface area contributed by atoms with E-state index in [9.17, 15) is 13.2 Å². The van der Waals surface area contributed by atoms with Gasteiger partial charge in [0.05, 0.1) is 11.8 Å². The Morgan fingerprint density at radius 1 is 1.24 bits per heavy atom. The normalized spacial score (nSPS) is 17.0. The van der Waals surface area contributed by atoms with Gasteiger partial charge in [0.25, 0.3) is 0 Å². The van der Waals surface area contributed by atoms with E-state index in [1.165, 1.54) is 11.1 Å². The lowest BCUT2D eigenvalue weighted by atomic mass is 10.0. The molecular weight excluding hydrogens is 288 g/mol. The van der Waals surface area contributed by atoms with E-state index in [1.807, 2.05) is 12.1 Å². The van der Waals surface area contributed by atoms with Gasteiger partial charge in [-0.1, -0.05) is 24.3 Å². The summed E-state index contributed by atoms with van der Waals surface area (Å²) in [5, 5.41) is 0. The van der Waals surface area contributed by atoms with Crippen LogP contribution in [0.15, 0.2) is 24.3 Å². The standard InChI is InChI=1S/C15H22N2O3S/c1-21(19,20)11-8-14(16)15(18)17-9-6-12-4-2-3-5-13(12)7-10-17/h2-5,14H,6-11,16H2,1H3. The first-order chi connectivity index (χ1) is 9.87. The second-order valence-electron chi connectivity index (χ2n) is 5.62. The molecule has 1 heterocycles. The third-order valence-electron chi connectivity index (χ3n) is 3.85. The van der Waals surface area contributed by atoms with Crippen molar-refractivity contribution >= 4 is 15.7 Å². The second kappa shape index (κ2) is 6.58. The van der Waals surface area contributed by atoms with E-state index in [1.54, 1.807) is 4.90 Å². The van der Waals surface area contributed by atoms with E-state index in [0.29, 0.717) is 13.1 Å². The molecule has 6 heteroatoms. The van der Waals surface area contributed by atoms with Crippen LogP contribution < -0.4 is 5.73 Å². The summed E-state index contributed by atoms with van der Waals surface area (Å²) < 4.78 is 22.3. The summed E-state index contributed by atoms with van der Waals surface area (Å²) in [6.45, 7) is 1.28. The first kappa shape index (κ1) is 16.0. The second-order valence-corrected chi connectivity index (χ2v) is 7.88. The van der Waals surface area contributed by atoms with Crippen LogP contribution in [0.2, 0.25) is 0 Å². The first-order valence-corrected chi connectivity index (χ1v) is 9.22. The molecule has 0 aromatic heterocycles. The predicted octanol–water partition coefficient (Wildman–Crippen LogP) is 0.376. The van der Waals surface area contributed by atoms with Crippen LogP contribution in [0.5, 0.6) is 0 Å². The molecule has 0 spiro atoms. The van der Waals surface area contributed by atoms with Gasteiger partial charge in [-0.05, 0) is 30.4 Å². The molecular formula is C15H22N2O3S. The first-order valence-electron chi connectivity index (χ1n) is 7.16. The SMILES string of the molecule is CS(=O)(=O)CCC(N)C(=O)N1CCc2ccccc2CC1. The number of carbonyl (C=O) groups excluding carboxylic acids is 1. The fourth-order valence-electron chi connectivity index (χ4n) is 2.59. The molecule has 1 amide bonds. The zero-order chi connectivity index (χ0) is 15.5. The van der Waals surface area contributed by atoms with Crippen LogP contribution in [-0.2, 0) is 27.5 Å². The quantitative estimate of drug-likeness (QED) is 0.871. The number of carbonyl (C=O) groups is 1. The molecule has 1 aliphatic rings. The van der Waals surface area contributed by atoms with Gasteiger partial charge in [-0.15, -0.1) is 0 Å². The van der Waals surface area contributed by atoms with Gasteiger partial charge < -0.3 is 10.6 Å². The maximum atomic E-state index is 12.3. The van der Waals surface area contributed by atoms with E-state index in [-0.39, 0.29) is 18.1 Å². The van der Waals surface area contributed by atoms with Gasteiger partial charge in [0.15, 0.2) is 0 Å². The van der Waals surface area contributed by atoms with Gasteiger partial charge in [0.2, 0.25) is 5.91 Å². The van der Waals surface area contributed by atoms with Crippen LogP contribution >= 0.6 is 0 Å². The average Bonchev–Trinajstić information content (AvgIpc) is 2.65. The minimum atomic E-state index is -3.09. The summed E-state index contributed by atoms with van der Waals surface area (Å²) in [5.74, 6) is -0.194. The Kier molecular flexibility index (Phi) is 5.00. The van der Waals surface area contributed by atoms with E-state index in [4.69, 9.17) is 5.73 Å². The van der Waals surface area contributed by atoms with Crippen LogP contribution in [0.4, 0.5) is 0 Å². The Labute approximate surface area is 126 Å². The van der Waals surface area contributed by atoms with Gasteiger partial charge in [0.1, 0.15) is 9.84 Å². The van der Waals surface area contributed by atoms with Crippen LogP contribution in [0.3, 0.4) is 0 Å². The summed E-state index contributed by atoms with van der Waals surface area (Å²) in [5.41, 5.74) is 8.41. The van der Waals surface area contributed by atoms with Crippen molar-refractivity contribution in [3.8, 4) is 0 Å². The van der Waals surface area contributed by atoms with E-state index in [2.05, 4.69) is 12.1 Å². The minimum absolute atomic E-state index is 0.0476. The molecule has 2 rings (SSSR count). The highest BCUT2D eigenvalue weighted by atomic mass is 32.2. The number of nitrogens with two attached hydrogens (primary N) is 1. The Balaban J connectivity index is 1.95. The summed E-state index contributed by atoms with van der Waals surface area (Å²) in [6, 6.07) is 7.46. The number of sulfone groups is 1. The van der Waals surface area contributed by atoms with Crippen LogP contribution in [0.25, 0.3) is 0 Å². The molecule has 0 aliphatic carbocycles. The van der Waals surface area contributed by atoms with Crippen molar-refractivity contribution in [2.24, 2.45) is 5.73 Å². The Morgan fingerprint density at radius 2 is 1.76 bits per heavy atom. The summed E-state index contributed by atoms with van der Waals surface area (Å²) in [7, 11) is -3.09. The molecule has 0 saturated carbocycles. The highest BCUT2D eigenvalue weighted by Crippen LogP contribution is 2.16. The van der Waals surface area contributed by atoms with Gasteiger partial charge >= 0.3 is 0 Å². The fourth-order valence-corrected chi connectivity index (χ4v) is 3.27. The maximum Gasteiger partial charge on any atom is 0.239 e. The summed E-state index contributed by atoms with van der Waals surface area (Å²) in [4.78, 5) is 14.1. The summed E-state index contributed by atoms with van der Waals surface area (Å²) in [6.07, 6.45) is 2.98. The van der Waals surface area contributed by atoms with Crippen LogP contribution in [-0.4, -0.2) is 50.4 Å². The number of fused-ring (bicyclic) bond motifs is 1. The molecule has 116 valence electrons. The lowest BCUT2D eigenvalue weighted by Crippen LogP contribution is -2.45. The van der Waals surface area contributed by atoms with Crippen molar-refractivity contribution in [1.82, 2.24) is 4.90 Å². The number of rotatable bonds is 4. The van der Waals surface area contributed by atoms with Crippen LogP contribution in [0, 0.1) is 0 Å².